The Balaban J connectivity index is 2.34. The number of carboxylic acids is 1. The number of amides is 1. The summed E-state index contributed by atoms with van der Waals surface area (Å²) in [6.45, 7) is 3.57. The maximum Gasteiger partial charge on any atom is 0.331 e. The van der Waals surface area contributed by atoms with E-state index in [4.69, 9.17) is 9.84 Å². The number of carbonyl (C=O) groups is 3. The lowest BCUT2D eigenvalue weighted by Crippen LogP contribution is -2.35. The second kappa shape index (κ2) is 6.24. The summed E-state index contributed by atoms with van der Waals surface area (Å²) < 4.78 is 4.73. The number of aliphatic carboxylic acids is 1. The molecule has 7 heteroatoms. The van der Waals surface area contributed by atoms with Crippen molar-refractivity contribution in [3.8, 4) is 0 Å². The summed E-state index contributed by atoms with van der Waals surface area (Å²) >= 11 is 0. The summed E-state index contributed by atoms with van der Waals surface area (Å²) in [4.78, 5) is 32.2. The van der Waals surface area contributed by atoms with Gasteiger partial charge in [-0.15, -0.1) is 0 Å². The van der Waals surface area contributed by atoms with Crippen LogP contribution in [-0.4, -0.2) is 29.6 Å². The Hall–Kier alpha value is -2.57. The number of carbonyl (C=O) groups excluding carboxylic acids is 2. The minimum atomic E-state index is -1.23. The standard InChI is InChI=1S/C11H12N2O5/c1-7-12-8(6-9(14)13-7)4-5-18-11(17)3-2-10(15)16/h2-3,6,12H,1,4-5H2,(H,13,14)(H,15,16)/b3-2+. The first-order valence-corrected chi connectivity index (χ1v) is 5.02. The fourth-order valence-electron chi connectivity index (χ4n) is 1.19. The Morgan fingerprint density at radius 3 is 2.72 bits per heavy atom. The van der Waals surface area contributed by atoms with Crippen LogP contribution in [0.15, 0.2) is 36.3 Å². The van der Waals surface area contributed by atoms with Gasteiger partial charge in [0, 0.05) is 30.3 Å². The van der Waals surface area contributed by atoms with Crippen molar-refractivity contribution < 1.29 is 24.2 Å². The molecule has 0 radical (unpaired) electrons. The predicted molar refractivity (Wildman–Crippen MR) is 60.9 cm³/mol. The number of nitrogens with one attached hydrogen (secondary N) is 2. The quantitative estimate of drug-likeness (QED) is 0.455. The van der Waals surface area contributed by atoms with Crippen LogP contribution in [0.5, 0.6) is 0 Å². The fraction of sp³-hybridized carbons (Fsp3) is 0.182. The van der Waals surface area contributed by atoms with Gasteiger partial charge in [-0.25, -0.2) is 9.59 Å². The lowest BCUT2D eigenvalue weighted by Gasteiger charge is -2.18. The minimum Gasteiger partial charge on any atom is -0.478 e. The molecule has 0 spiro atoms. The molecule has 0 aromatic heterocycles. The van der Waals surface area contributed by atoms with E-state index in [0.29, 0.717) is 24.0 Å². The van der Waals surface area contributed by atoms with Crippen LogP contribution in [0.2, 0.25) is 0 Å². The number of hydrogen-bond acceptors (Lipinski definition) is 5. The Morgan fingerprint density at radius 2 is 2.11 bits per heavy atom. The van der Waals surface area contributed by atoms with Crippen LogP contribution in [0.3, 0.4) is 0 Å². The van der Waals surface area contributed by atoms with E-state index in [-0.39, 0.29) is 12.5 Å². The van der Waals surface area contributed by atoms with E-state index in [2.05, 4.69) is 17.2 Å². The fourth-order valence-corrected chi connectivity index (χ4v) is 1.19. The molecule has 1 aliphatic rings. The predicted octanol–water partition coefficient (Wildman–Crippen LogP) is -0.365. The van der Waals surface area contributed by atoms with Crippen molar-refractivity contribution in [3.63, 3.8) is 0 Å². The normalized spacial score (nSPS) is 14.8. The van der Waals surface area contributed by atoms with Crippen molar-refractivity contribution in [2.75, 3.05) is 6.61 Å². The second-order valence-electron chi connectivity index (χ2n) is 3.35. The summed E-state index contributed by atoms with van der Waals surface area (Å²) in [6.07, 6.45) is 3.14. The summed E-state index contributed by atoms with van der Waals surface area (Å²) in [5, 5.41) is 13.5. The van der Waals surface area contributed by atoms with E-state index in [1.807, 2.05) is 0 Å². The topological polar surface area (TPSA) is 105 Å². The second-order valence-corrected chi connectivity index (χ2v) is 3.35. The third-order valence-corrected chi connectivity index (χ3v) is 1.87. The molecule has 1 heterocycles. The molecule has 3 N–H and O–H groups in total. The summed E-state index contributed by atoms with van der Waals surface area (Å²) in [7, 11) is 0. The molecule has 0 aliphatic carbocycles. The largest absolute Gasteiger partial charge is 0.478 e. The number of hydrogen-bond donors (Lipinski definition) is 3. The Morgan fingerprint density at radius 1 is 1.39 bits per heavy atom. The minimum absolute atomic E-state index is 0.0299. The van der Waals surface area contributed by atoms with Crippen LogP contribution in [0.1, 0.15) is 6.42 Å². The average Bonchev–Trinajstić information content (AvgIpc) is 2.25. The third kappa shape index (κ3) is 4.97. The molecule has 0 aromatic rings. The molecule has 0 fully saturated rings. The summed E-state index contributed by atoms with van der Waals surface area (Å²) in [5.74, 6) is -1.92. The zero-order valence-corrected chi connectivity index (χ0v) is 9.43. The molecule has 0 unspecified atom stereocenters. The van der Waals surface area contributed by atoms with Crippen molar-refractivity contribution in [1.82, 2.24) is 10.6 Å². The molecule has 0 aromatic carbocycles. The van der Waals surface area contributed by atoms with E-state index >= 15 is 0 Å². The van der Waals surface area contributed by atoms with Gasteiger partial charge >= 0.3 is 11.9 Å². The van der Waals surface area contributed by atoms with Gasteiger partial charge in [0.1, 0.15) is 5.82 Å². The van der Waals surface area contributed by atoms with Gasteiger partial charge in [-0.1, -0.05) is 6.58 Å². The molecule has 0 bridgehead atoms. The molecule has 0 atom stereocenters. The lowest BCUT2D eigenvalue weighted by atomic mass is 10.2. The first-order valence-electron chi connectivity index (χ1n) is 5.02. The molecule has 7 nitrogen and oxygen atoms in total. The average molecular weight is 252 g/mol. The SMILES string of the molecule is C=C1NC(=O)C=C(CCOC(=O)/C=C/C(=O)O)N1. The van der Waals surface area contributed by atoms with Gasteiger partial charge in [0.15, 0.2) is 0 Å². The van der Waals surface area contributed by atoms with Crippen molar-refractivity contribution in [3.05, 3.63) is 36.3 Å². The highest BCUT2D eigenvalue weighted by atomic mass is 16.5. The molecular weight excluding hydrogens is 240 g/mol. The van der Waals surface area contributed by atoms with Gasteiger partial charge in [0.05, 0.1) is 6.61 Å². The highest BCUT2D eigenvalue weighted by molar-refractivity contribution is 5.91. The Bertz CT molecular complexity index is 450. The van der Waals surface area contributed by atoms with Crippen LogP contribution in [0.25, 0.3) is 0 Å². The van der Waals surface area contributed by atoms with Crippen molar-refractivity contribution in [2.24, 2.45) is 0 Å². The van der Waals surface area contributed by atoms with E-state index in [1.165, 1.54) is 6.08 Å². The van der Waals surface area contributed by atoms with Crippen molar-refractivity contribution in [1.29, 1.82) is 0 Å². The molecule has 0 saturated heterocycles. The molecule has 1 rings (SSSR count). The number of ether oxygens (including phenoxy) is 1. The number of esters is 1. The number of rotatable bonds is 5. The third-order valence-electron chi connectivity index (χ3n) is 1.87. The smallest absolute Gasteiger partial charge is 0.331 e. The molecule has 1 amide bonds. The van der Waals surface area contributed by atoms with Crippen LogP contribution < -0.4 is 10.6 Å². The van der Waals surface area contributed by atoms with Gasteiger partial charge in [0.25, 0.3) is 5.91 Å². The lowest BCUT2D eigenvalue weighted by molar-refractivity contribution is -0.138. The summed E-state index contributed by atoms with van der Waals surface area (Å²) in [5.41, 5.74) is 0.568. The molecule has 96 valence electrons. The van der Waals surface area contributed by atoms with Crippen LogP contribution in [-0.2, 0) is 19.1 Å². The van der Waals surface area contributed by atoms with E-state index < -0.39 is 11.9 Å². The monoisotopic (exact) mass is 252 g/mol. The van der Waals surface area contributed by atoms with Gasteiger partial charge < -0.3 is 20.5 Å². The highest BCUT2D eigenvalue weighted by Gasteiger charge is 2.11. The molecular formula is C11H12N2O5. The van der Waals surface area contributed by atoms with Crippen LogP contribution in [0.4, 0.5) is 0 Å². The molecule has 18 heavy (non-hydrogen) atoms. The molecule has 0 saturated carbocycles. The van der Waals surface area contributed by atoms with Gasteiger partial charge in [-0.2, -0.15) is 0 Å². The maximum atomic E-state index is 11.1. The van der Waals surface area contributed by atoms with E-state index in [1.54, 1.807) is 0 Å². The zero-order valence-electron chi connectivity index (χ0n) is 9.43. The highest BCUT2D eigenvalue weighted by Crippen LogP contribution is 2.04. The Kier molecular flexibility index (Phi) is 4.67. The van der Waals surface area contributed by atoms with Gasteiger partial charge in [-0.05, 0) is 0 Å². The Labute approximate surface area is 103 Å². The van der Waals surface area contributed by atoms with Crippen LogP contribution in [0, 0.1) is 0 Å². The maximum absolute atomic E-state index is 11.1. The van der Waals surface area contributed by atoms with Gasteiger partial charge in [0.2, 0.25) is 0 Å². The van der Waals surface area contributed by atoms with Crippen molar-refractivity contribution >= 4 is 17.8 Å². The van der Waals surface area contributed by atoms with E-state index in [0.717, 1.165) is 6.08 Å². The van der Waals surface area contributed by atoms with Crippen molar-refractivity contribution in [2.45, 2.75) is 6.42 Å². The zero-order chi connectivity index (χ0) is 13.5. The number of carboxylic acid groups (broad SMARTS) is 1. The first kappa shape index (κ1) is 13.5. The first-order chi connectivity index (χ1) is 8.47. The molecule has 1 aliphatic heterocycles. The van der Waals surface area contributed by atoms with E-state index in [9.17, 15) is 14.4 Å². The van der Waals surface area contributed by atoms with Crippen LogP contribution >= 0.6 is 0 Å². The van der Waals surface area contributed by atoms with Gasteiger partial charge in [-0.3, -0.25) is 4.79 Å². The summed E-state index contributed by atoms with van der Waals surface area (Å²) in [6, 6.07) is 0.